The van der Waals surface area contributed by atoms with Gasteiger partial charge in [0.2, 0.25) is 5.91 Å². The zero-order valence-corrected chi connectivity index (χ0v) is 8.75. The third kappa shape index (κ3) is 5.76. The van der Waals surface area contributed by atoms with Crippen LogP contribution in [0.3, 0.4) is 0 Å². The lowest BCUT2D eigenvalue weighted by molar-refractivity contribution is -0.274. The van der Waals surface area contributed by atoms with Gasteiger partial charge in [-0.3, -0.25) is 4.79 Å². The molecule has 7 heteroatoms. The van der Waals surface area contributed by atoms with Crippen LogP contribution in [0, 0.1) is 0 Å². The fourth-order valence-corrected chi connectivity index (χ4v) is 1.18. The van der Waals surface area contributed by atoms with Gasteiger partial charge in [-0.05, 0) is 17.7 Å². The summed E-state index contributed by atoms with van der Waals surface area (Å²) in [6.45, 7) is 0.197. The smallest absolute Gasteiger partial charge is 0.406 e. The molecule has 1 aromatic rings. The minimum absolute atomic E-state index is 0.0373. The second-order valence-corrected chi connectivity index (χ2v) is 3.27. The molecule has 0 saturated carbocycles. The number of halogens is 3. The number of rotatable bonds is 5. The summed E-state index contributed by atoms with van der Waals surface area (Å²) >= 11 is 0. The van der Waals surface area contributed by atoms with Crippen molar-refractivity contribution in [3.63, 3.8) is 0 Å². The monoisotopic (exact) mass is 248 g/mol. The number of alkyl halides is 3. The number of nitrogens with two attached hydrogens (primary N) is 1. The number of amides is 1. The predicted molar refractivity (Wildman–Crippen MR) is 54.0 cm³/mol. The van der Waals surface area contributed by atoms with Crippen LogP contribution in [0.25, 0.3) is 0 Å². The molecule has 0 aliphatic rings. The van der Waals surface area contributed by atoms with Gasteiger partial charge in [-0.25, -0.2) is 0 Å². The number of hydrogen-bond donors (Lipinski definition) is 2. The maximum absolute atomic E-state index is 11.9. The molecular weight excluding hydrogens is 237 g/mol. The van der Waals surface area contributed by atoms with Crippen LogP contribution in [0.1, 0.15) is 5.56 Å². The first-order valence-electron chi connectivity index (χ1n) is 4.70. The summed E-state index contributed by atoms with van der Waals surface area (Å²) in [5.41, 5.74) is 5.46. The zero-order chi connectivity index (χ0) is 12.9. The summed E-state index contributed by atoms with van der Waals surface area (Å²) in [6, 6.07) is 5.48. The van der Waals surface area contributed by atoms with E-state index in [9.17, 15) is 18.0 Å². The molecule has 0 aliphatic heterocycles. The lowest BCUT2D eigenvalue weighted by Gasteiger charge is -2.10. The Balaban J connectivity index is 2.57. The van der Waals surface area contributed by atoms with E-state index in [-0.39, 0.29) is 18.8 Å². The SMILES string of the molecule is NC(=O)CNCc1cccc(OC(F)(F)F)c1. The second kappa shape index (κ2) is 5.53. The van der Waals surface area contributed by atoms with Crippen molar-refractivity contribution in [3.8, 4) is 5.75 Å². The van der Waals surface area contributed by atoms with E-state index in [1.807, 2.05) is 0 Å². The minimum Gasteiger partial charge on any atom is -0.406 e. The first-order chi connectivity index (χ1) is 7.87. The highest BCUT2D eigenvalue weighted by Crippen LogP contribution is 2.23. The van der Waals surface area contributed by atoms with E-state index in [0.29, 0.717) is 5.56 Å². The van der Waals surface area contributed by atoms with Gasteiger partial charge in [-0.1, -0.05) is 12.1 Å². The van der Waals surface area contributed by atoms with E-state index < -0.39 is 12.3 Å². The van der Waals surface area contributed by atoms with Crippen LogP contribution in [-0.4, -0.2) is 18.8 Å². The Hall–Kier alpha value is -1.76. The maximum atomic E-state index is 11.9. The molecule has 3 N–H and O–H groups in total. The molecule has 4 nitrogen and oxygen atoms in total. The lowest BCUT2D eigenvalue weighted by atomic mass is 10.2. The third-order valence-electron chi connectivity index (χ3n) is 1.76. The molecule has 0 aliphatic carbocycles. The summed E-state index contributed by atoms with van der Waals surface area (Å²) in [4.78, 5) is 10.4. The molecule has 1 aromatic carbocycles. The molecule has 0 bridgehead atoms. The van der Waals surface area contributed by atoms with Gasteiger partial charge >= 0.3 is 6.36 Å². The number of primary amides is 1. The molecule has 0 fully saturated rings. The Morgan fingerprint density at radius 1 is 1.41 bits per heavy atom. The summed E-state index contributed by atoms with van der Waals surface area (Å²) in [7, 11) is 0. The van der Waals surface area contributed by atoms with Gasteiger partial charge in [0.15, 0.2) is 0 Å². The van der Waals surface area contributed by atoms with Gasteiger partial charge in [0.1, 0.15) is 5.75 Å². The van der Waals surface area contributed by atoms with Crippen LogP contribution < -0.4 is 15.8 Å². The van der Waals surface area contributed by atoms with Gasteiger partial charge in [0.05, 0.1) is 6.54 Å². The van der Waals surface area contributed by atoms with Crippen molar-refractivity contribution >= 4 is 5.91 Å². The van der Waals surface area contributed by atoms with Crippen LogP contribution in [-0.2, 0) is 11.3 Å². The minimum atomic E-state index is -4.71. The van der Waals surface area contributed by atoms with Crippen molar-refractivity contribution in [3.05, 3.63) is 29.8 Å². The van der Waals surface area contributed by atoms with Crippen LogP contribution in [0.2, 0.25) is 0 Å². The summed E-state index contributed by atoms with van der Waals surface area (Å²) in [6.07, 6.45) is -4.71. The van der Waals surface area contributed by atoms with Crippen molar-refractivity contribution in [1.82, 2.24) is 5.32 Å². The van der Waals surface area contributed by atoms with E-state index in [0.717, 1.165) is 0 Å². The van der Waals surface area contributed by atoms with Crippen LogP contribution in [0.15, 0.2) is 24.3 Å². The van der Waals surface area contributed by atoms with Crippen molar-refractivity contribution in [2.45, 2.75) is 12.9 Å². The van der Waals surface area contributed by atoms with E-state index in [1.54, 1.807) is 6.07 Å². The number of nitrogens with one attached hydrogen (secondary N) is 1. The average molecular weight is 248 g/mol. The molecule has 17 heavy (non-hydrogen) atoms. The predicted octanol–water partition coefficient (Wildman–Crippen LogP) is 1.16. The summed E-state index contributed by atoms with van der Waals surface area (Å²) in [5.74, 6) is -0.830. The van der Waals surface area contributed by atoms with Gasteiger partial charge in [-0.15, -0.1) is 13.2 Å². The number of ether oxygens (including phenoxy) is 1. The largest absolute Gasteiger partial charge is 0.573 e. The molecule has 0 radical (unpaired) electrons. The Labute approximate surface area is 95.6 Å². The molecule has 1 rings (SSSR count). The van der Waals surface area contributed by atoms with Gasteiger partial charge < -0.3 is 15.8 Å². The van der Waals surface area contributed by atoms with E-state index in [4.69, 9.17) is 5.73 Å². The first-order valence-corrected chi connectivity index (χ1v) is 4.70. The molecule has 94 valence electrons. The molecular formula is C10H11F3N2O2. The molecule has 0 aromatic heterocycles. The Morgan fingerprint density at radius 2 is 2.12 bits per heavy atom. The first kappa shape index (κ1) is 13.3. The summed E-state index contributed by atoms with van der Waals surface area (Å²) in [5, 5.41) is 2.68. The van der Waals surface area contributed by atoms with Crippen molar-refractivity contribution in [2.75, 3.05) is 6.54 Å². The molecule has 0 spiro atoms. The second-order valence-electron chi connectivity index (χ2n) is 3.27. The van der Waals surface area contributed by atoms with E-state index >= 15 is 0 Å². The number of carbonyl (C=O) groups excluding carboxylic acids is 1. The molecule has 0 saturated heterocycles. The van der Waals surface area contributed by atoms with Crippen molar-refractivity contribution < 1.29 is 22.7 Å². The van der Waals surface area contributed by atoms with Crippen molar-refractivity contribution in [2.24, 2.45) is 5.73 Å². The highest BCUT2D eigenvalue weighted by molar-refractivity contribution is 5.75. The standard InChI is InChI=1S/C10H11F3N2O2/c11-10(12,13)17-8-3-1-2-7(4-8)5-15-6-9(14)16/h1-4,15H,5-6H2,(H2,14,16). The third-order valence-corrected chi connectivity index (χ3v) is 1.76. The van der Waals surface area contributed by atoms with E-state index in [1.165, 1.54) is 18.2 Å². The number of benzene rings is 1. The molecule has 0 heterocycles. The van der Waals surface area contributed by atoms with Crippen LogP contribution in [0.4, 0.5) is 13.2 Å². The normalized spacial score (nSPS) is 11.2. The van der Waals surface area contributed by atoms with Crippen LogP contribution >= 0.6 is 0 Å². The Morgan fingerprint density at radius 3 is 2.71 bits per heavy atom. The molecule has 0 atom stereocenters. The van der Waals surface area contributed by atoms with Crippen molar-refractivity contribution in [1.29, 1.82) is 0 Å². The zero-order valence-electron chi connectivity index (χ0n) is 8.75. The quantitative estimate of drug-likeness (QED) is 0.821. The fraction of sp³-hybridized carbons (Fsp3) is 0.300. The summed E-state index contributed by atoms with van der Waals surface area (Å²) < 4.78 is 39.5. The van der Waals surface area contributed by atoms with E-state index in [2.05, 4.69) is 10.1 Å². The molecule has 0 unspecified atom stereocenters. The Kier molecular flexibility index (Phi) is 4.33. The highest BCUT2D eigenvalue weighted by Gasteiger charge is 2.31. The molecule has 1 amide bonds. The Bertz CT molecular complexity index is 393. The number of carbonyl (C=O) groups is 1. The fourth-order valence-electron chi connectivity index (χ4n) is 1.18. The van der Waals surface area contributed by atoms with Gasteiger partial charge in [-0.2, -0.15) is 0 Å². The maximum Gasteiger partial charge on any atom is 0.573 e. The van der Waals surface area contributed by atoms with Crippen LogP contribution in [0.5, 0.6) is 5.75 Å². The number of hydrogen-bond acceptors (Lipinski definition) is 3. The topological polar surface area (TPSA) is 64.4 Å². The average Bonchev–Trinajstić information content (AvgIpc) is 2.14. The van der Waals surface area contributed by atoms with Gasteiger partial charge in [0, 0.05) is 6.54 Å². The lowest BCUT2D eigenvalue weighted by Crippen LogP contribution is -2.28. The highest BCUT2D eigenvalue weighted by atomic mass is 19.4. The van der Waals surface area contributed by atoms with Gasteiger partial charge in [0.25, 0.3) is 0 Å².